The molecular formula is C21H24FN5O3S. The summed E-state index contributed by atoms with van der Waals surface area (Å²) in [5.41, 5.74) is 4.55. The minimum Gasteiger partial charge on any atom is -0.399 e. The van der Waals surface area contributed by atoms with Crippen LogP contribution in [0.5, 0.6) is 0 Å². The molecule has 1 aliphatic rings. The third-order valence-electron chi connectivity index (χ3n) is 5.40. The molecule has 4 rings (SSSR count). The van der Waals surface area contributed by atoms with Crippen LogP contribution in [0.4, 0.5) is 4.39 Å². The van der Waals surface area contributed by atoms with Crippen molar-refractivity contribution >= 4 is 27.3 Å². The molecule has 0 bridgehead atoms. The number of aromatic nitrogens is 2. The van der Waals surface area contributed by atoms with Crippen molar-refractivity contribution in [2.75, 3.05) is 21.2 Å². The Hall–Kier alpha value is -2.82. The van der Waals surface area contributed by atoms with E-state index in [0.29, 0.717) is 25.1 Å². The van der Waals surface area contributed by atoms with Crippen molar-refractivity contribution in [3.05, 3.63) is 64.9 Å². The summed E-state index contributed by atoms with van der Waals surface area (Å²) < 4.78 is 44.3. The van der Waals surface area contributed by atoms with E-state index in [1.54, 1.807) is 18.3 Å². The molecule has 1 N–H and O–H groups in total. The van der Waals surface area contributed by atoms with E-state index in [-0.39, 0.29) is 6.04 Å². The lowest BCUT2D eigenvalue weighted by Crippen LogP contribution is -2.42. The fraction of sp³-hybridized carbons (Fsp3) is 0.333. The summed E-state index contributed by atoms with van der Waals surface area (Å²) in [6.07, 6.45) is 2.72. The molecule has 0 saturated heterocycles. The lowest BCUT2D eigenvalue weighted by molar-refractivity contribution is 0.215. The molecule has 164 valence electrons. The number of nitrogens with zero attached hydrogens (tertiary/aromatic N) is 4. The van der Waals surface area contributed by atoms with Gasteiger partial charge in [-0.1, -0.05) is 17.3 Å². The summed E-state index contributed by atoms with van der Waals surface area (Å²) in [4.78, 5) is 8.78. The molecule has 1 atom stereocenters. The second kappa shape index (κ2) is 8.37. The molecule has 0 fully saturated rings. The zero-order valence-corrected chi connectivity index (χ0v) is 18.4. The topological polar surface area (TPSA) is 88.8 Å². The number of hydrogen-bond donors (Lipinski definition) is 1. The zero-order chi connectivity index (χ0) is 22.2. The van der Waals surface area contributed by atoms with Crippen molar-refractivity contribution in [3.8, 4) is 0 Å². The third kappa shape index (κ3) is 4.32. The molecule has 3 aromatic rings. The number of oxime groups is 1. The maximum absolute atomic E-state index is 13.7. The number of fused-ring (bicyclic) bond motifs is 3. The SMILES string of the molecule is CON=Cc1ccc2c(c1)c1c(n2Cc2cccc(F)n2)C[C@H](NS(=O)(=O)N(C)C)C1. The number of rotatable bonds is 7. The van der Waals surface area contributed by atoms with E-state index in [9.17, 15) is 12.8 Å². The number of pyridine rings is 1. The quantitative estimate of drug-likeness (QED) is 0.343. The van der Waals surface area contributed by atoms with Gasteiger partial charge in [-0.25, -0.2) is 4.98 Å². The Morgan fingerprint density at radius 1 is 1.32 bits per heavy atom. The molecule has 0 unspecified atom stereocenters. The molecule has 10 heteroatoms. The molecule has 0 radical (unpaired) electrons. The van der Waals surface area contributed by atoms with Gasteiger partial charge in [0.15, 0.2) is 0 Å². The van der Waals surface area contributed by atoms with Crippen LogP contribution in [0.2, 0.25) is 0 Å². The lowest BCUT2D eigenvalue weighted by atomic mass is 10.1. The normalized spacial score (nSPS) is 16.5. The Labute approximate surface area is 180 Å². The summed E-state index contributed by atoms with van der Waals surface area (Å²) in [6.45, 7) is 0.391. The minimum atomic E-state index is -3.55. The fourth-order valence-corrected chi connectivity index (χ4v) is 4.78. The lowest BCUT2D eigenvalue weighted by Gasteiger charge is -2.18. The Bertz CT molecular complexity index is 1250. The number of benzene rings is 1. The van der Waals surface area contributed by atoms with Gasteiger partial charge in [0.25, 0.3) is 10.2 Å². The van der Waals surface area contributed by atoms with Gasteiger partial charge in [0.1, 0.15) is 7.11 Å². The van der Waals surface area contributed by atoms with Crippen LogP contribution in [-0.2, 0) is 34.4 Å². The Kier molecular flexibility index (Phi) is 5.78. The van der Waals surface area contributed by atoms with Crippen molar-refractivity contribution in [3.63, 3.8) is 0 Å². The smallest absolute Gasteiger partial charge is 0.279 e. The third-order valence-corrected chi connectivity index (χ3v) is 6.99. The zero-order valence-electron chi connectivity index (χ0n) is 17.5. The van der Waals surface area contributed by atoms with Gasteiger partial charge in [-0.05, 0) is 41.8 Å². The van der Waals surface area contributed by atoms with Gasteiger partial charge < -0.3 is 9.40 Å². The maximum Gasteiger partial charge on any atom is 0.279 e. The van der Waals surface area contributed by atoms with Gasteiger partial charge in [0, 0.05) is 43.2 Å². The molecular weight excluding hydrogens is 421 g/mol. The fourth-order valence-electron chi connectivity index (χ4n) is 3.98. The predicted molar refractivity (Wildman–Crippen MR) is 117 cm³/mol. The maximum atomic E-state index is 13.7. The molecule has 0 amide bonds. The highest BCUT2D eigenvalue weighted by molar-refractivity contribution is 7.87. The first-order valence-electron chi connectivity index (χ1n) is 9.80. The van der Waals surface area contributed by atoms with Crippen LogP contribution in [0.15, 0.2) is 41.6 Å². The molecule has 1 aromatic carbocycles. The highest BCUT2D eigenvalue weighted by Gasteiger charge is 2.31. The van der Waals surface area contributed by atoms with Gasteiger partial charge in [0.2, 0.25) is 5.95 Å². The molecule has 31 heavy (non-hydrogen) atoms. The van der Waals surface area contributed by atoms with Crippen molar-refractivity contribution < 1.29 is 17.6 Å². The first-order chi connectivity index (χ1) is 14.8. The van der Waals surface area contributed by atoms with E-state index in [2.05, 4.69) is 19.4 Å². The standard InChI is InChI=1S/C21H24FN5O3S/c1-26(2)31(28,29)25-16-10-18-17-9-14(12-23-30-3)7-8-19(17)27(20(18)11-16)13-15-5-4-6-21(22)24-15/h4-9,12,16,25H,10-11,13H2,1-3H3/t16-/m1/s1. The second-order valence-corrected chi connectivity index (χ2v) is 9.58. The highest BCUT2D eigenvalue weighted by Crippen LogP contribution is 2.34. The molecule has 1 aliphatic carbocycles. The summed E-state index contributed by atoms with van der Waals surface area (Å²) >= 11 is 0. The average molecular weight is 446 g/mol. The van der Waals surface area contributed by atoms with Crippen LogP contribution in [0.1, 0.15) is 22.5 Å². The minimum absolute atomic E-state index is 0.259. The molecule has 2 aromatic heterocycles. The second-order valence-electron chi connectivity index (χ2n) is 7.67. The van der Waals surface area contributed by atoms with Gasteiger partial charge in [0.05, 0.1) is 18.5 Å². The van der Waals surface area contributed by atoms with E-state index < -0.39 is 16.2 Å². The predicted octanol–water partition coefficient (Wildman–Crippen LogP) is 2.07. The number of hydrogen-bond acceptors (Lipinski definition) is 5. The van der Waals surface area contributed by atoms with Crippen LogP contribution in [0.25, 0.3) is 10.9 Å². The number of halogens is 1. The monoisotopic (exact) mass is 445 g/mol. The van der Waals surface area contributed by atoms with Crippen LogP contribution < -0.4 is 4.72 Å². The van der Waals surface area contributed by atoms with E-state index in [0.717, 1.165) is 32.0 Å². The summed E-state index contributed by atoms with van der Waals surface area (Å²) in [5, 5.41) is 4.84. The van der Waals surface area contributed by atoms with Gasteiger partial charge in [-0.3, -0.25) is 0 Å². The largest absolute Gasteiger partial charge is 0.399 e. The van der Waals surface area contributed by atoms with Crippen LogP contribution in [0, 0.1) is 5.95 Å². The van der Waals surface area contributed by atoms with Gasteiger partial charge in [-0.2, -0.15) is 21.8 Å². The summed E-state index contributed by atoms with van der Waals surface area (Å²) in [5.74, 6) is -0.528. The molecule has 0 spiro atoms. The Morgan fingerprint density at radius 3 is 2.84 bits per heavy atom. The Balaban J connectivity index is 1.76. The van der Waals surface area contributed by atoms with E-state index >= 15 is 0 Å². The molecule has 0 aliphatic heterocycles. The average Bonchev–Trinajstić information content (AvgIpc) is 3.23. The molecule has 8 nitrogen and oxygen atoms in total. The number of nitrogens with one attached hydrogen (secondary N) is 1. The summed E-state index contributed by atoms with van der Waals surface area (Å²) in [7, 11) is 0.923. The van der Waals surface area contributed by atoms with Crippen molar-refractivity contribution in [2.45, 2.75) is 25.4 Å². The van der Waals surface area contributed by atoms with E-state index in [1.165, 1.54) is 27.3 Å². The van der Waals surface area contributed by atoms with Crippen LogP contribution in [-0.4, -0.2) is 55.7 Å². The van der Waals surface area contributed by atoms with Crippen molar-refractivity contribution in [1.82, 2.24) is 18.6 Å². The van der Waals surface area contributed by atoms with Crippen LogP contribution >= 0.6 is 0 Å². The van der Waals surface area contributed by atoms with E-state index in [4.69, 9.17) is 4.84 Å². The first kappa shape index (κ1) is 21.4. The van der Waals surface area contributed by atoms with E-state index in [1.807, 2.05) is 18.2 Å². The van der Waals surface area contributed by atoms with Crippen LogP contribution in [0.3, 0.4) is 0 Å². The first-order valence-corrected chi connectivity index (χ1v) is 11.2. The van der Waals surface area contributed by atoms with Gasteiger partial charge in [-0.15, -0.1) is 0 Å². The Morgan fingerprint density at radius 2 is 2.13 bits per heavy atom. The molecule has 0 saturated carbocycles. The van der Waals surface area contributed by atoms with Crippen molar-refractivity contribution in [1.29, 1.82) is 0 Å². The van der Waals surface area contributed by atoms with Crippen molar-refractivity contribution in [2.24, 2.45) is 5.16 Å². The van der Waals surface area contributed by atoms with Gasteiger partial charge >= 0.3 is 0 Å². The molecule has 2 heterocycles. The highest BCUT2D eigenvalue weighted by atomic mass is 32.2. The summed E-state index contributed by atoms with van der Waals surface area (Å²) in [6, 6.07) is 10.4.